The van der Waals surface area contributed by atoms with Crippen molar-refractivity contribution in [1.29, 1.82) is 0 Å². The van der Waals surface area contributed by atoms with Gasteiger partial charge >= 0.3 is 5.69 Å². The summed E-state index contributed by atoms with van der Waals surface area (Å²) in [5, 5.41) is 9.71. The number of aliphatic hydroxyl groups excluding tert-OH is 1. The van der Waals surface area contributed by atoms with Gasteiger partial charge in [0.2, 0.25) is 0 Å². The lowest BCUT2D eigenvalue weighted by atomic mass is 9.92. The van der Waals surface area contributed by atoms with Gasteiger partial charge in [-0.1, -0.05) is 11.6 Å². The maximum absolute atomic E-state index is 14.0. The molecule has 1 saturated heterocycles. The number of hydrogen-bond donors (Lipinski definition) is 2. The molecule has 11 heteroatoms. The molecule has 0 aliphatic carbocycles. The Labute approximate surface area is 207 Å². The molecule has 3 heterocycles. The first kappa shape index (κ1) is 26.3. The van der Waals surface area contributed by atoms with E-state index in [1.165, 1.54) is 29.8 Å². The molecule has 1 fully saturated rings. The molecule has 3 aromatic rings. The largest absolute Gasteiger partial charge is 0.396 e. The van der Waals surface area contributed by atoms with Crippen LogP contribution in [0.2, 0.25) is 5.02 Å². The number of hydrogen-bond acceptors (Lipinski definition) is 5. The third kappa shape index (κ3) is 4.88. The van der Waals surface area contributed by atoms with E-state index in [1.807, 2.05) is 13.0 Å². The summed E-state index contributed by atoms with van der Waals surface area (Å²) in [6.45, 7) is 3.63. The normalized spacial score (nSPS) is 18.4. The van der Waals surface area contributed by atoms with E-state index in [1.54, 1.807) is 4.57 Å². The number of anilines is 1. The van der Waals surface area contributed by atoms with Crippen molar-refractivity contribution in [2.24, 2.45) is 12.8 Å². The van der Waals surface area contributed by atoms with Crippen LogP contribution >= 0.6 is 24.0 Å². The lowest BCUT2D eigenvalue weighted by molar-refractivity contribution is 0.279. The van der Waals surface area contributed by atoms with Crippen LogP contribution in [0.1, 0.15) is 31.7 Å². The van der Waals surface area contributed by atoms with E-state index in [0.29, 0.717) is 34.6 Å². The molecule has 0 amide bonds. The number of nitrogens with two attached hydrogens (primary N) is 1. The van der Waals surface area contributed by atoms with Crippen LogP contribution in [0.3, 0.4) is 0 Å². The molecule has 0 unspecified atom stereocenters. The van der Waals surface area contributed by atoms with Crippen LogP contribution in [-0.4, -0.2) is 44.0 Å². The highest BCUT2D eigenvalue weighted by molar-refractivity contribution is 6.31. The number of aromatic nitrogens is 3. The Morgan fingerprint density at radius 1 is 1.24 bits per heavy atom. The van der Waals surface area contributed by atoms with Crippen LogP contribution in [-0.2, 0) is 20.1 Å². The number of halogens is 3. The molecule has 8 nitrogen and oxygen atoms in total. The molecular formula is C23H30Cl2FN5O3. The Morgan fingerprint density at radius 3 is 2.65 bits per heavy atom. The van der Waals surface area contributed by atoms with Crippen molar-refractivity contribution < 1.29 is 9.50 Å². The van der Waals surface area contributed by atoms with Crippen LogP contribution in [0, 0.1) is 5.82 Å². The zero-order valence-electron chi connectivity index (χ0n) is 19.3. The van der Waals surface area contributed by atoms with E-state index in [9.17, 15) is 19.1 Å². The van der Waals surface area contributed by atoms with Gasteiger partial charge in [0.15, 0.2) is 0 Å². The first-order valence-corrected chi connectivity index (χ1v) is 11.4. The molecule has 1 aliphatic heterocycles. The van der Waals surface area contributed by atoms with Gasteiger partial charge in [-0.3, -0.25) is 13.9 Å². The fourth-order valence-corrected chi connectivity index (χ4v) is 4.82. The summed E-state index contributed by atoms with van der Waals surface area (Å²) in [7, 11) is 1.43. The summed E-state index contributed by atoms with van der Waals surface area (Å²) in [6, 6.07) is 5.96. The number of aliphatic hydroxyl groups is 1. The summed E-state index contributed by atoms with van der Waals surface area (Å²) in [5.41, 5.74) is 6.48. The number of nitrogens with zero attached hydrogens (tertiary/aromatic N) is 4. The van der Waals surface area contributed by atoms with Crippen LogP contribution < -0.4 is 21.9 Å². The molecule has 1 aliphatic rings. The lowest BCUT2D eigenvalue weighted by Gasteiger charge is -2.39. The van der Waals surface area contributed by atoms with Gasteiger partial charge in [-0.25, -0.2) is 9.18 Å². The smallest absolute Gasteiger partial charge is 0.331 e. The Kier molecular flexibility index (Phi) is 7.82. The number of fused-ring (bicyclic) bond motifs is 1. The van der Waals surface area contributed by atoms with Crippen molar-refractivity contribution in [3.05, 3.63) is 61.5 Å². The summed E-state index contributed by atoms with van der Waals surface area (Å²) in [5.74, 6) is 0.301. The minimum atomic E-state index is -0.448. The average molecular weight is 514 g/mol. The van der Waals surface area contributed by atoms with E-state index in [0.717, 1.165) is 29.8 Å². The highest BCUT2D eigenvalue weighted by Crippen LogP contribution is 2.31. The summed E-state index contributed by atoms with van der Waals surface area (Å²) < 4.78 is 18.4. The Morgan fingerprint density at radius 2 is 1.97 bits per heavy atom. The standard InChI is InChI=1S/C23H29ClFN5O3.ClH/c1-23(26)7-3-8-28(14-23)19-12-18-20(21(32)27(2)22(33)29(18)9-4-10-31)30(19)13-15-11-16(25)5-6-17(15)24;/h5-6,11-12,31H,3-4,7-10,13-14,26H2,1-2H3;1H/t23-;/m1./s1. The predicted octanol–water partition coefficient (Wildman–Crippen LogP) is 2.46. The summed E-state index contributed by atoms with van der Waals surface area (Å²) in [6.07, 6.45) is 2.13. The second kappa shape index (κ2) is 10.1. The number of piperidine rings is 1. The highest BCUT2D eigenvalue weighted by atomic mass is 35.5. The van der Waals surface area contributed by atoms with Gasteiger partial charge in [0, 0.05) is 49.9 Å². The van der Waals surface area contributed by atoms with Crippen LogP contribution in [0.25, 0.3) is 11.0 Å². The van der Waals surface area contributed by atoms with E-state index in [4.69, 9.17) is 17.3 Å². The molecule has 0 bridgehead atoms. The second-order valence-corrected chi connectivity index (χ2v) is 9.52. The van der Waals surface area contributed by atoms with Gasteiger partial charge in [0.25, 0.3) is 5.56 Å². The molecule has 186 valence electrons. The fraction of sp³-hybridized carbons (Fsp3) is 0.478. The van der Waals surface area contributed by atoms with E-state index < -0.39 is 22.6 Å². The van der Waals surface area contributed by atoms with E-state index in [2.05, 4.69) is 4.90 Å². The number of rotatable bonds is 6. The van der Waals surface area contributed by atoms with E-state index >= 15 is 0 Å². The van der Waals surface area contributed by atoms with Gasteiger partial charge in [0.1, 0.15) is 17.2 Å². The molecule has 4 rings (SSSR count). The molecule has 1 aromatic carbocycles. The minimum absolute atomic E-state index is 0. The molecule has 2 aromatic heterocycles. The molecule has 34 heavy (non-hydrogen) atoms. The third-order valence-corrected chi connectivity index (χ3v) is 6.67. The summed E-state index contributed by atoms with van der Waals surface area (Å²) in [4.78, 5) is 28.3. The maximum atomic E-state index is 14.0. The van der Waals surface area contributed by atoms with Gasteiger partial charge in [-0.15, -0.1) is 12.4 Å². The van der Waals surface area contributed by atoms with Crippen molar-refractivity contribution in [2.45, 2.75) is 44.8 Å². The molecule has 0 spiro atoms. The number of aryl methyl sites for hydroxylation is 1. The molecular weight excluding hydrogens is 484 g/mol. The van der Waals surface area contributed by atoms with Crippen LogP contribution in [0.4, 0.5) is 10.2 Å². The SMILES string of the molecule is Cl.Cn1c(=O)c2c(cc(N3CCC[C@@](C)(N)C3)n2Cc2cc(F)ccc2Cl)n(CCCO)c1=O. The van der Waals surface area contributed by atoms with Crippen molar-refractivity contribution in [3.8, 4) is 0 Å². The Hall–Kier alpha value is -2.33. The molecule has 0 saturated carbocycles. The van der Waals surface area contributed by atoms with Crippen molar-refractivity contribution in [3.63, 3.8) is 0 Å². The van der Waals surface area contributed by atoms with Crippen LogP contribution in [0.15, 0.2) is 33.9 Å². The van der Waals surface area contributed by atoms with Crippen molar-refractivity contribution in [1.82, 2.24) is 13.7 Å². The van der Waals surface area contributed by atoms with Gasteiger partial charge in [-0.05, 0) is 49.9 Å². The maximum Gasteiger partial charge on any atom is 0.331 e. The fourth-order valence-electron chi connectivity index (χ4n) is 4.65. The monoisotopic (exact) mass is 513 g/mol. The first-order valence-electron chi connectivity index (χ1n) is 11.0. The van der Waals surface area contributed by atoms with Crippen LogP contribution in [0.5, 0.6) is 0 Å². The topological polar surface area (TPSA) is 98.4 Å². The number of benzene rings is 1. The van der Waals surface area contributed by atoms with Crippen molar-refractivity contribution >= 4 is 40.9 Å². The Balaban J connectivity index is 0.00000324. The summed E-state index contributed by atoms with van der Waals surface area (Å²) >= 11 is 6.36. The van der Waals surface area contributed by atoms with Crippen molar-refractivity contribution in [2.75, 3.05) is 24.6 Å². The minimum Gasteiger partial charge on any atom is -0.396 e. The molecule has 1 atom stereocenters. The third-order valence-electron chi connectivity index (χ3n) is 6.30. The first-order chi connectivity index (χ1) is 15.6. The van der Waals surface area contributed by atoms with Gasteiger partial charge < -0.3 is 20.3 Å². The average Bonchev–Trinajstić information content (AvgIpc) is 3.13. The molecule has 0 radical (unpaired) electrons. The Bertz CT molecular complexity index is 1310. The zero-order chi connectivity index (χ0) is 23.9. The lowest BCUT2D eigenvalue weighted by Crippen LogP contribution is -2.52. The predicted molar refractivity (Wildman–Crippen MR) is 135 cm³/mol. The zero-order valence-corrected chi connectivity index (χ0v) is 20.8. The van der Waals surface area contributed by atoms with Gasteiger partial charge in [0.05, 0.1) is 12.1 Å². The van der Waals surface area contributed by atoms with Gasteiger partial charge in [-0.2, -0.15) is 0 Å². The van der Waals surface area contributed by atoms with E-state index in [-0.39, 0.29) is 32.1 Å². The highest BCUT2D eigenvalue weighted by Gasteiger charge is 2.30. The second-order valence-electron chi connectivity index (χ2n) is 9.11. The molecule has 3 N–H and O–H groups in total. The quantitative estimate of drug-likeness (QED) is 0.527.